The largest absolute Gasteiger partial charge is 0.474 e. The van der Waals surface area contributed by atoms with Crippen molar-refractivity contribution in [2.24, 2.45) is 0 Å². The molecule has 0 aliphatic heterocycles. The summed E-state index contributed by atoms with van der Waals surface area (Å²) < 4.78 is 57.1. The lowest BCUT2D eigenvalue weighted by Gasteiger charge is -2.21. The first kappa shape index (κ1) is 33.4. The van der Waals surface area contributed by atoms with Crippen molar-refractivity contribution in [1.29, 1.82) is 0 Å². The fourth-order valence-corrected chi connectivity index (χ4v) is 5.52. The maximum Gasteiger partial charge on any atom is 0.474 e. The van der Waals surface area contributed by atoms with Crippen molar-refractivity contribution in [3.8, 4) is 0 Å². The summed E-state index contributed by atoms with van der Waals surface area (Å²) in [6.45, 7) is -0.231. The van der Waals surface area contributed by atoms with E-state index < -0.39 is 15.6 Å². The Bertz CT molecular complexity index is 522. The van der Waals surface area contributed by atoms with Crippen LogP contribution in [0.25, 0.3) is 0 Å². The van der Waals surface area contributed by atoms with Crippen LogP contribution in [-0.2, 0) is 36.3 Å². The molecule has 0 aliphatic rings. The standard InChI is InChI=1S/C13H23Br6ClO8P2/c14-5-11(17)8-26-29(21,23-2-1-20)24-3-4-25-30(22,27-9-12(18)6-15)28-10-13(19)7-16/h11-13H,1-10H2. The summed E-state index contributed by atoms with van der Waals surface area (Å²) in [5, 5.41) is 1.75. The number of rotatable bonds is 20. The molecule has 0 N–H and O–H groups in total. The second-order valence-corrected chi connectivity index (χ2v) is 14.8. The Morgan fingerprint density at radius 1 is 0.600 bits per heavy atom. The molecule has 0 radical (unpaired) electrons. The molecule has 30 heavy (non-hydrogen) atoms. The topological polar surface area (TPSA) is 89.5 Å². The molecule has 0 heterocycles. The van der Waals surface area contributed by atoms with Crippen molar-refractivity contribution in [3.05, 3.63) is 0 Å². The van der Waals surface area contributed by atoms with Gasteiger partial charge in [0.1, 0.15) is 0 Å². The molecule has 4 atom stereocenters. The van der Waals surface area contributed by atoms with Crippen LogP contribution in [0.15, 0.2) is 0 Å². The lowest BCUT2D eigenvalue weighted by molar-refractivity contribution is 0.0784. The number of phosphoric ester groups is 2. The Morgan fingerprint density at radius 3 is 1.20 bits per heavy atom. The van der Waals surface area contributed by atoms with Gasteiger partial charge >= 0.3 is 15.6 Å². The maximum atomic E-state index is 12.8. The Labute approximate surface area is 232 Å². The van der Waals surface area contributed by atoms with Gasteiger partial charge in [-0.2, -0.15) is 0 Å². The van der Waals surface area contributed by atoms with Gasteiger partial charge in [-0.1, -0.05) is 95.6 Å². The second-order valence-electron chi connectivity index (χ2n) is 5.23. The van der Waals surface area contributed by atoms with E-state index in [2.05, 4.69) is 95.6 Å². The van der Waals surface area contributed by atoms with Crippen LogP contribution in [0.2, 0.25) is 0 Å². The van der Waals surface area contributed by atoms with Crippen LogP contribution in [0.1, 0.15) is 0 Å². The van der Waals surface area contributed by atoms with Crippen molar-refractivity contribution in [1.82, 2.24) is 0 Å². The van der Waals surface area contributed by atoms with Crippen molar-refractivity contribution in [2.75, 3.05) is 61.5 Å². The lowest BCUT2D eigenvalue weighted by Crippen LogP contribution is -2.16. The Hall–Kier alpha value is 3.39. The molecule has 182 valence electrons. The molecule has 0 aromatic carbocycles. The molecule has 0 aromatic rings. The highest BCUT2D eigenvalue weighted by Gasteiger charge is 2.31. The molecule has 0 bridgehead atoms. The normalized spacial score (nSPS) is 19.0. The van der Waals surface area contributed by atoms with Gasteiger partial charge in [0.05, 0.1) is 39.6 Å². The van der Waals surface area contributed by atoms with Gasteiger partial charge in [-0.15, -0.1) is 11.6 Å². The lowest BCUT2D eigenvalue weighted by atomic mass is 10.5. The molecular formula is C13H23Br6ClO8P2. The number of phosphoric acid groups is 2. The van der Waals surface area contributed by atoms with Crippen LogP contribution in [0.3, 0.4) is 0 Å². The zero-order chi connectivity index (χ0) is 23.0. The van der Waals surface area contributed by atoms with Crippen LogP contribution in [0.5, 0.6) is 0 Å². The number of hydrogen-bond donors (Lipinski definition) is 0. The third kappa shape index (κ3) is 16.9. The average Bonchev–Trinajstić information content (AvgIpc) is 2.75. The number of hydrogen-bond acceptors (Lipinski definition) is 8. The Kier molecular flexibility index (Phi) is 21.8. The quantitative estimate of drug-likeness (QED) is 0.0734. The molecule has 0 aromatic heterocycles. The van der Waals surface area contributed by atoms with Crippen molar-refractivity contribution >= 4 is 123 Å². The second kappa shape index (κ2) is 19.6. The monoisotopic (exact) mass is 878 g/mol. The molecule has 4 unspecified atom stereocenters. The molecule has 0 rings (SSSR count). The first-order chi connectivity index (χ1) is 14.1. The summed E-state index contributed by atoms with van der Waals surface area (Å²) in [5.74, 6) is 0.114. The highest BCUT2D eigenvalue weighted by atomic mass is 79.9. The van der Waals surface area contributed by atoms with Gasteiger partial charge in [-0.25, -0.2) is 9.13 Å². The fourth-order valence-electron chi connectivity index (χ4n) is 1.32. The van der Waals surface area contributed by atoms with E-state index in [1.54, 1.807) is 0 Å². The van der Waals surface area contributed by atoms with Crippen molar-refractivity contribution in [3.63, 3.8) is 0 Å². The van der Waals surface area contributed by atoms with Crippen LogP contribution in [0, 0.1) is 0 Å². The van der Waals surface area contributed by atoms with Crippen LogP contribution in [0.4, 0.5) is 0 Å². The number of alkyl halides is 7. The SMILES string of the molecule is O=P(OCCCl)(OCCOP(=O)(OCC(Br)CBr)OCC(Br)CBr)OCC(Br)CBr. The van der Waals surface area contributed by atoms with Crippen molar-refractivity contribution < 1.29 is 36.3 Å². The van der Waals surface area contributed by atoms with E-state index in [9.17, 15) is 9.13 Å². The minimum atomic E-state index is -3.88. The predicted molar refractivity (Wildman–Crippen MR) is 141 cm³/mol. The van der Waals surface area contributed by atoms with E-state index in [0.717, 1.165) is 0 Å². The number of halogens is 7. The predicted octanol–water partition coefficient (Wildman–Crippen LogP) is 7.02. The summed E-state index contributed by atoms with van der Waals surface area (Å²) in [6, 6.07) is 0. The van der Waals surface area contributed by atoms with Crippen LogP contribution < -0.4 is 0 Å². The highest BCUT2D eigenvalue weighted by molar-refractivity contribution is 9.12. The summed E-state index contributed by atoms with van der Waals surface area (Å²) in [7, 11) is -7.75. The van der Waals surface area contributed by atoms with Crippen LogP contribution in [-0.4, -0.2) is 76.0 Å². The van der Waals surface area contributed by atoms with E-state index >= 15 is 0 Å². The zero-order valence-electron chi connectivity index (χ0n) is 15.6. The van der Waals surface area contributed by atoms with Gasteiger partial charge in [0.25, 0.3) is 0 Å². The van der Waals surface area contributed by atoms with Gasteiger partial charge in [0.2, 0.25) is 0 Å². The molecule has 17 heteroatoms. The third-order valence-corrected chi connectivity index (χ3v) is 12.4. The van der Waals surface area contributed by atoms with Gasteiger partial charge < -0.3 is 0 Å². The zero-order valence-corrected chi connectivity index (χ0v) is 27.7. The molecule has 0 fully saturated rings. The van der Waals surface area contributed by atoms with E-state index in [1.165, 1.54) is 0 Å². The van der Waals surface area contributed by atoms with Crippen LogP contribution >= 0.6 is 123 Å². The summed E-state index contributed by atoms with van der Waals surface area (Å²) in [5.41, 5.74) is 0. The smallest absolute Gasteiger partial charge is 0.286 e. The first-order valence-corrected chi connectivity index (χ1v) is 17.9. The Morgan fingerprint density at radius 2 is 0.900 bits per heavy atom. The van der Waals surface area contributed by atoms with Gasteiger partial charge in [-0.05, 0) is 0 Å². The van der Waals surface area contributed by atoms with Gasteiger partial charge in [-0.3, -0.25) is 27.1 Å². The van der Waals surface area contributed by atoms with E-state index in [0.29, 0.717) is 16.0 Å². The fraction of sp³-hybridized carbons (Fsp3) is 1.00. The maximum absolute atomic E-state index is 12.8. The molecule has 0 saturated heterocycles. The van der Waals surface area contributed by atoms with Gasteiger partial charge in [0.15, 0.2) is 0 Å². The minimum absolute atomic E-state index is 0.0238. The van der Waals surface area contributed by atoms with E-state index in [4.69, 9.17) is 38.7 Å². The van der Waals surface area contributed by atoms with Crippen molar-refractivity contribution in [2.45, 2.75) is 14.5 Å². The molecule has 0 saturated carbocycles. The van der Waals surface area contributed by atoms with E-state index in [1.807, 2.05) is 0 Å². The average molecular weight is 884 g/mol. The summed E-state index contributed by atoms with van der Waals surface area (Å²) in [4.78, 5) is -0.269. The third-order valence-electron chi connectivity index (χ3n) is 2.65. The molecular weight excluding hydrogens is 861 g/mol. The van der Waals surface area contributed by atoms with E-state index in [-0.39, 0.29) is 60.0 Å². The Balaban J connectivity index is 4.77. The minimum Gasteiger partial charge on any atom is -0.286 e. The first-order valence-electron chi connectivity index (χ1n) is 8.37. The molecule has 8 nitrogen and oxygen atoms in total. The highest BCUT2D eigenvalue weighted by Crippen LogP contribution is 2.52. The molecule has 0 aliphatic carbocycles. The van der Waals surface area contributed by atoms with Gasteiger partial charge in [0, 0.05) is 36.4 Å². The molecule has 0 amide bonds. The molecule has 0 spiro atoms. The summed E-state index contributed by atoms with van der Waals surface area (Å²) in [6.07, 6.45) is 0. The summed E-state index contributed by atoms with van der Waals surface area (Å²) >= 11 is 25.5.